The highest BCUT2D eigenvalue weighted by atomic mass is 32.2. The Bertz CT molecular complexity index is 527. The molecule has 2 aromatic rings. The van der Waals surface area contributed by atoms with Crippen LogP contribution in [0.15, 0.2) is 37.8 Å². The van der Waals surface area contributed by atoms with Gasteiger partial charge in [0.15, 0.2) is 8.68 Å². The van der Waals surface area contributed by atoms with E-state index in [1.54, 1.807) is 34.9 Å². The molecule has 0 saturated heterocycles. The summed E-state index contributed by atoms with van der Waals surface area (Å²) in [6.07, 6.45) is 3.92. The van der Waals surface area contributed by atoms with Gasteiger partial charge in [-0.2, -0.15) is 0 Å². The molecule has 6 heteroatoms. The summed E-state index contributed by atoms with van der Waals surface area (Å²) in [7, 11) is 0. The maximum Gasteiger partial charge on any atom is 0.179 e. The molecule has 0 amide bonds. The summed E-state index contributed by atoms with van der Waals surface area (Å²) in [5.41, 5.74) is 7.35. The zero-order chi connectivity index (χ0) is 13.7. The van der Waals surface area contributed by atoms with E-state index < -0.39 is 0 Å². The second-order valence-electron chi connectivity index (χ2n) is 4.12. The van der Waals surface area contributed by atoms with E-state index in [0.29, 0.717) is 0 Å². The topological polar surface area (TPSA) is 51.8 Å². The maximum atomic E-state index is 6.05. The zero-order valence-corrected chi connectivity index (χ0v) is 13.4. The molecule has 0 aliphatic carbocycles. The number of thioether (sulfide) groups is 1. The molecule has 0 spiro atoms. The van der Waals surface area contributed by atoms with E-state index in [4.69, 9.17) is 5.73 Å². The summed E-state index contributed by atoms with van der Waals surface area (Å²) in [6, 6.07) is 8.62. The highest BCUT2D eigenvalue weighted by Crippen LogP contribution is 2.34. The van der Waals surface area contributed by atoms with Gasteiger partial charge in [-0.25, -0.2) is 0 Å². The minimum atomic E-state index is 0.220. The Labute approximate surface area is 126 Å². The average molecular weight is 312 g/mol. The molecule has 2 N–H and O–H groups in total. The number of hydrogen-bond acceptors (Lipinski definition) is 6. The molecule has 0 radical (unpaired) electrons. The first-order chi connectivity index (χ1) is 9.22. The molecule has 0 saturated carbocycles. The normalized spacial score (nSPS) is 12.6. The molecule has 1 aromatic carbocycles. The smallest absolute Gasteiger partial charge is 0.179 e. The van der Waals surface area contributed by atoms with E-state index in [2.05, 4.69) is 41.4 Å². The first kappa shape index (κ1) is 14.8. The molecule has 19 heavy (non-hydrogen) atoms. The van der Waals surface area contributed by atoms with E-state index >= 15 is 0 Å². The first-order valence-corrected chi connectivity index (χ1v) is 8.97. The van der Waals surface area contributed by atoms with Crippen LogP contribution >= 0.6 is 34.9 Å². The third kappa shape index (κ3) is 4.21. The van der Waals surface area contributed by atoms with Gasteiger partial charge in [0.2, 0.25) is 0 Å². The van der Waals surface area contributed by atoms with Crippen LogP contribution in [-0.4, -0.2) is 22.5 Å². The molecule has 0 bridgehead atoms. The molecule has 3 nitrogen and oxygen atoms in total. The summed E-state index contributed by atoms with van der Waals surface area (Å²) in [4.78, 5) is 1.23. The van der Waals surface area contributed by atoms with Crippen LogP contribution in [0.25, 0.3) is 0 Å². The van der Waals surface area contributed by atoms with Crippen molar-refractivity contribution in [1.29, 1.82) is 0 Å². The van der Waals surface area contributed by atoms with Gasteiger partial charge in [0.05, 0.1) is 0 Å². The average Bonchev–Trinajstić information content (AvgIpc) is 2.88. The Balaban J connectivity index is 2.15. The lowest BCUT2D eigenvalue weighted by Crippen LogP contribution is -2.21. The van der Waals surface area contributed by atoms with Gasteiger partial charge < -0.3 is 5.73 Å². The molecule has 102 valence electrons. The molecule has 0 aliphatic rings. The number of hydrogen-bond donors (Lipinski definition) is 1. The van der Waals surface area contributed by atoms with Crippen molar-refractivity contribution in [1.82, 2.24) is 10.2 Å². The molecular formula is C13H17N3S3. The standard InChI is InChI=1S/C13H17N3S3/c1-3-10(14)8-9-6-4-5-7-11(9)18-13-16-15-12(17-2)19-13/h4-7,10H,3,8,14H2,1-2H3. The summed E-state index contributed by atoms with van der Waals surface area (Å²) in [6.45, 7) is 2.12. The van der Waals surface area contributed by atoms with Gasteiger partial charge in [0, 0.05) is 10.9 Å². The number of nitrogens with zero attached hydrogens (tertiary/aromatic N) is 2. The zero-order valence-electron chi connectivity index (χ0n) is 11.0. The van der Waals surface area contributed by atoms with Crippen LogP contribution in [-0.2, 0) is 6.42 Å². The van der Waals surface area contributed by atoms with Crippen molar-refractivity contribution in [2.24, 2.45) is 5.73 Å². The van der Waals surface area contributed by atoms with Crippen molar-refractivity contribution < 1.29 is 0 Å². The summed E-state index contributed by atoms with van der Waals surface area (Å²) in [5, 5.41) is 8.33. The Kier molecular flexibility index (Phi) is 5.69. The fourth-order valence-electron chi connectivity index (χ4n) is 1.61. The summed E-state index contributed by atoms with van der Waals surface area (Å²) >= 11 is 4.94. The van der Waals surface area contributed by atoms with Crippen molar-refractivity contribution in [2.75, 3.05) is 6.26 Å². The number of benzene rings is 1. The number of nitrogens with two attached hydrogens (primary N) is 1. The number of aromatic nitrogens is 2. The Morgan fingerprint density at radius 2 is 2.00 bits per heavy atom. The summed E-state index contributed by atoms with van der Waals surface area (Å²) < 4.78 is 1.99. The van der Waals surface area contributed by atoms with Gasteiger partial charge in [-0.1, -0.05) is 60.0 Å². The van der Waals surface area contributed by atoms with E-state index in [1.165, 1.54) is 10.5 Å². The Morgan fingerprint density at radius 3 is 2.68 bits per heavy atom. The predicted octanol–water partition coefficient (Wildman–Crippen LogP) is 3.69. The fraction of sp³-hybridized carbons (Fsp3) is 0.385. The van der Waals surface area contributed by atoms with Gasteiger partial charge in [0.1, 0.15) is 0 Å². The molecule has 0 fully saturated rings. The maximum absolute atomic E-state index is 6.05. The van der Waals surface area contributed by atoms with Gasteiger partial charge >= 0.3 is 0 Å². The van der Waals surface area contributed by atoms with Crippen LogP contribution in [0.5, 0.6) is 0 Å². The molecule has 1 aromatic heterocycles. The van der Waals surface area contributed by atoms with Crippen LogP contribution in [0.3, 0.4) is 0 Å². The molecular weight excluding hydrogens is 294 g/mol. The molecule has 2 rings (SSSR count). The highest BCUT2D eigenvalue weighted by molar-refractivity contribution is 8.03. The summed E-state index contributed by atoms with van der Waals surface area (Å²) in [5.74, 6) is 0. The van der Waals surface area contributed by atoms with Crippen LogP contribution in [0.2, 0.25) is 0 Å². The highest BCUT2D eigenvalue weighted by Gasteiger charge is 2.10. The minimum absolute atomic E-state index is 0.220. The van der Waals surface area contributed by atoms with E-state index in [-0.39, 0.29) is 6.04 Å². The second-order valence-corrected chi connectivity index (χ2v) is 7.44. The van der Waals surface area contributed by atoms with Crippen molar-refractivity contribution in [2.45, 2.75) is 39.4 Å². The van der Waals surface area contributed by atoms with E-state index in [0.717, 1.165) is 21.5 Å². The van der Waals surface area contributed by atoms with E-state index in [9.17, 15) is 0 Å². The fourth-order valence-corrected chi connectivity index (χ4v) is 4.15. The lowest BCUT2D eigenvalue weighted by atomic mass is 10.1. The molecule has 1 heterocycles. The van der Waals surface area contributed by atoms with Crippen LogP contribution in [0, 0.1) is 0 Å². The molecule has 1 unspecified atom stereocenters. The lowest BCUT2D eigenvalue weighted by Gasteiger charge is -2.11. The predicted molar refractivity (Wildman–Crippen MR) is 84.2 cm³/mol. The Hall–Kier alpha value is -0.560. The first-order valence-electron chi connectivity index (χ1n) is 6.11. The monoisotopic (exact) mass is 311 g/mol. The van der Waals surface area contributed by atoms with Gasteiger partial charge in [-0.05, 0) is 30.7 Å². The third-order valence-electron chi connectivity index (χ3n) is 2.74. The largest absolute Gasteiger partial charge is 0.327 e. The number of rotatable bonds is 6. The van der Waals surface area contributed by atoms with Crippen molar-refractivity contribution in [3.05, 3.63) is 29.8 Å². The van der Waals surface area contributed by atoms with Crippen LogP contribution in [0.1, 0.15) is 18.9 Å². The molecule has 0 aliphatic heterocycles. The Morgan fingerprint density at radius 1 is 1.26 bits per heavy atom. The van der Waals surface area contributed by atoms with Gasteiger partial charge in [-0.3, -0.25) is 0 Å². The molecule has 1 atom stereocenters. The van der Waals surface area contributed by atoms with Crippen molar-refractivity contribution in [3.63, 3.8) is 0 Å². The SMILES string of the molecule is CCC(N)Cc1ccccc1Sc1nnc(SC)s1. The third-order valence-corrected chi connectivity index (χ3v) is 5.81. The second kappa shape index (κ2) is 7.28. The van der Waals surface area contributed by atoms with Gasteiger partial charge in [0.25, 0.3) is 0 Å². The van der Waals surface area contributed by atoms with Crippen LogP contribution in [0.4, 0.5) is 0 Å². The van der Waals surface area contributed by atoms with Crippen molar-refractivity contribution >= 4 is 34.9 Å². The minimum Gasteiger partial charge on any atom is -0.327 e. The van der Waals surface area contributed by atoms with Crippen LogP contribution < -0.4 is 5.73 Å². The lowest BCUT2D eigenvalue weighted by molar-refractivity contribution is 0.641. The van der Waals surface area contributed by atoms with Gasteiger partial charge in [-0.15, -0.1) is 10.2 Å². The quantitative estimate of drug-likeness (QED) is 0.825. The van der Waals surface area contributed by atoms with Crippen molar-refractivity contribution in [3.8, 4) is 0 Å². The van der Waals surface area contributed by atoms with E-state index in [1.807, 2.05) is 6.26 Å².